The maximum atomic E-state index is 5.91. The summed E-state index contributed by atoms with van der Waals surface area (Å²) in [5, 5.41) is 0. The zero-order valence-corrected chi connectivity index (χ0v) is 9.40. The van der Waals surface area contributed by atoms with Gasteiger partial charge in [-0.25, -0.2) is 0 Å². The number of halogens is 2. The zero-order chi connectivity index (χ0) is 8.55. The summed E-state index contributed by atoms with van der Waals surface area (Å²) in [6, 6.07) is 6.10. The van der Waals surface area contributed by atoms with E-state index in [-0.39, 0.29) is 18.4 Å². The van der Waals surface area contributed by atoms with Crippen LogP contribution in [0.4, 0.5) is 0 Å². The van der Waals surface area contributed by atoms with Crippen LogP contribution in [0.15, 0.2) is 22.7 Å². The third kappa shape index (κ3) is 1.98. The van der Waals surface area contributed by atoms with Gasteiger partial charge in [-0.15, -0.1) is 12.4 Å². The van der Waals surface area contributed by atoms with Crippen LogP contribution in [-0.4, -0.2) is 6.61 Å². The molecule has 1 atom stereocenters. The second-order valence-electron chi connectivity index (χ2n) is 2.90. The van der Waals surface area contributed by atoms with Gasteiger partial charge in [0.05, 0.1) is 11.1 Å². The Hall–Kier alpha value is -0.250. The van der Waals surface area contributed by atoms with Crippen LogP contribution in [0.3, 0.4) is 0 Å². The lowest BCUT2D eigenvalue weighted by molar-refractivity contribution is 0.267. The van der Waals surface area contributed by atoms with E-state index in [0.29, 0.717) is 0 Å². The Morgan fingerprint density at radius 2 is 2.23 bits per heavy atom. The quantitative estimate of drug-likeness (QED) is 0.782. The maximum absolute atomic E-state index is 5.91. The van der Waals surface area contributed by atoms with Crippen LogP contribution >= 0.6 is 28.3 Å². The van der Waals surface area contributed by atoms with Crippen molar-refractivity contribution >= 4 is 28.3 Å². The van der Waals surface area contributed by atoms with Crippen LogP contribution in [0.1, 0.15) is 18.0 Å². The Labute approximate surface area is 92.0 Å². The molecule has 0 bridgehead atoms. The van der Waals surface area contributed by atoms with Crippen molar-refractivity contribution < 1.29 is 4.74 Å². The van der Waals surface area contributed by atoms with Gasteiger partial charge >= 0.3 is 0 Å². The highest BCUT2D eigenvalue weighted by molar-refractivity contribution is 9.10. The van der Waals surface area contributed by atoms with E-state index < -0.39 is 0 Å². The molecule has 0 saturated heterocycles. The molecule has 2 N–H and O–H groups in total. The molecule has 0 aliphatic carbocycles. The average molecular weight is 265 g/mol. The van der Waals surface area contributed by atoms with Crippen molar-refractivity contribution in [2.75, 3.05) is 6.61 Å². The summed E-state index contributed by atoms with van der Waals surface area (Å²) < 4.78 is 6.49. The second-order valence-corrected chi connectivity index (χ2v) is 3.76. The molecule has 1 aromatic carbocycles. The summed E-state index contributed by atoms with van der Waals surface area (Å²) in [7, 11) is 0. The van der Waals surface area contributed by atoms with Crippen molar-refractivity contribution in [3.63, 3.8) is 0 Å². The van der Waals surface area contributed by atoms with Crippen molar-refractivity contribution in [3.8, 4) is 5.75 Å². The summed E-state index contributed by atoms with van der Waals surface area (Å²) in [6.07, 6.45) is 0.906. The van der Waals surface area contributed by atoms with Gasteiger partial charge in [0, 0.05) is 18.0 Å². The van der Waals surface area contributed by atoms with Crippen LogP contribution in [-0.2, 0) is 0 Å². The van der Waals surface area contributed by atoms with E-state index in [2.05, 4.69) is 15.9 Å². The lowest BCUT2D eigenvalue weighted by Gasteiger charge is -2.23. The summed E-state index contributed by atoms with van der Waals surface area (Å²) in [4.78, 5) is 0. The Morgan fingerprint density at radius 3 is 2.92 bits per heavy atom. The average Bonchev–Trinajstić information content (AvgIpc) is 2.07. The predicted octanol–water partition coefficient (Wildman–Crippen LogP) is 2.65. The molecule has 1 heterocycles. The summed E-state index contributed by atoms with van der Waals surface area (Å²) in [5.41, 5.74) is 7.02. The van der Waals surface area contributed by atoms with E-state index in [1.807, 2.05) is 18.2 Å². The molecule has 1 aliphatic rings. The molecule has 0 radical (unpaired) electrons. The van der Waals surface area contributed by atoms with Gasteiger partial charge in [0.15, 0.2) is 0 Å². The maximum Gasteiger partial charge on any atom is 0.138 e. The fourth-order valence-electron chi connectivity index (χ4n) is 1.41. The minimum atomic E-state index is 0. The van der Waals surface area contributed by atoms with Gasteiger partial charge < -0.3 is 10.5 Å². The largest absolute Gasteiger partial charge is 0.492 e. The molecule has 0 aromatic heterocycles. The molecule has 4 heteroatoms. The van der Waals surface area contributed by atoms with E-state index in [4.69, 9.17) is 10.5 Å². The fourth-order valence-corrected chi connectivity index (χ4v) is 1.91. The molecule has 72 valence electrons. The summed E-state index contributed by atoms with van der Waals surface area (Å²) in [6.45, 7) is 0.719. The van der Waals surface area contributed by atoms with Gasteiger partial charge in [0.25, 0.3) is 0 Å². The van der Waals surface area contributed by atoms with E-state index in [1.165, 1.54) is 0 Å². The number of hydrogen-bond donors (Lipinski definition) is 1. The summed E-state index contributed by atoms with van der Waals surface area (Å²) in [5.74, 6) is 0.913. The first-order valence-corrected chi connectivity index (χ1v) is 4.75. The molecule has 0 saturated carbocycles. The Bertz CT molecular complexity index is 306. The molecule has 0 unspecified atom stereocenters. The van der Waals surface area contributed by atoms with Gasteiger partial charge in [-0.1, -0.05) is 12.1 Å². The minimum absolute atomic E-state index is 0. The van der Waals surface area contributed by atoms with E-state index >= 15 is 0 Å². The number of benzene rings is 1. The third-order valence-electron chi connectivity index (χ3n) is 2.07. The highest BCUT2D eigenvalue weighted by atomic mass is 79.9. The van der Waals surface area contributed by atoms with E-state index in [9.17, 15) is 0 Å². The molecule has 0 spiro atoms. The molecule has 0 amide bonds. The van der Waals surface area contributed by atoms with Crippen LogP contribution in [0.5, 0.6) is 5.75 Å². The zero-order valence-electron chi connectivity index (χ0n) is 7.00. The highest BCUT2D eigenvalue weighted by Gasteiger charge is 2.19. The van der Waals surface area contributed by atoms with Crippen molar-refractivity contribution in [3.05, 3.63) is 28.2 Å². The molecular formula is C9H11BrClNO. The first kappa shape index (κ1) is 10.8. The van der Waals surface area contributed by atoms with Crippen LogP contribution < -0.4 is 10.5 Å². The van der Waals surface area contributed by atoms with Crippen molar-refractivity contribution in [2.45, 2.75) is 12.5 Å². The first-order valence-electron chi connectivity index (χ1n) is 3.96. The Kier molecular flexibility index (Phi) is 3.59. The first-order chi connectivity index (χ1) is 5.79. The normalized spacial score (nSPS) is 19.7. The lowest BCUT2D eigenvalue weighted by Crippen LogP contribution is -2.20. The van der Waals surface area contributed by atoms with Gasteiger partial charge in [-0.3, -0.25) is 0 Å². The van der Waals surface area contributed by atoms with Crippen LogP contribution in [0.2, 0.25) is 0 Å². The number of fused-ring (bicyclic) bond motifs is 1. The van der Waals surface area contributed by atoms with E-state index in [1.54, 1.807) is 0 Å². The topological polar surface area (TPSA) is 35.2 Å². The monoisotopic (exact) mass is 263 g/mol. The Morgan fingerprint density at radius 1 is 1.46 bits per heavy atom. The van der Waals surface area contributed by atoms with Crippen LogP contribution in [0, 0.1) is 0 Å². The van der Waals surface area contributed by atoms with Crippen LogP contribution in [0.25, 0.3) is 0 Å². The molecular weight excluding hydrogens is 253 g/mol. The van der Waals surface area contributed by atoms with Gasteiger partial charge in [-0.05, 0) is 22.0 Å². The fraction of sp³-hybridized carbons (Fsp3) is 0.333. The predicted molar refractivity (Wildman–Crippen MR) is 58.4 cm³/mol. The minimum Gasteiger partial charge on any atom is -0.492 e. The molecule has 1 aliphatic heterocycles. The Balaban J connectivity index is 0.000000845. The number of nitrogens with two attached hydrogens (primary N) is 1. The van der Waals surface area contributed by atoms with Crippen molar-refractivity contribution in [1.82, 2.24) is 0 Å². The standard InChI is InChI=1S/C9H10BrNO.ClH/c10-7-3-1-2-6-8(11)4-5-12-9(6)7;/h1-3,8H,4-5,11H2;1H/t8-;/m1./s1. The van der Waals surface area contributed by atoms with Gasteiger partial charge in [-0.2, -0.15) is 0 Å². The van der Waals surface area contributed by atoms with E-state index in [0.717, 1.165) is 28.8 Å². The number of ether oxygens (including phenoxy) is 1. The number of rotatable bonds is 0. The van der Waals surface area contributed by atoms with Crippen molar-refractivity contribution in [1.29, 1.82) is 0 Å². The van der Waals surface area contributed by atoms with Gasteiger partial charge in [0.2, 0.25) is 0 Å². The molecule has 13 heavy (non-hydrogen) atoms. The highest BCUT2D eigenvalue weighted by Crippen LogP contribution is 2.36. The molecule has 0 fully saturated rings. The van der Waals surface area contributed by atoms with Crippen molar-refractivity contribution in [2.24, 2.45) is 5.73 Å². The molecule has 2 nitrogen and oxygen atoms in total. The smallest absolute Gasteiger partial charge is 0.138 e. The number of hydrogen-bond acceptors (Lipinski definition) is 2. The SMILES string of the molecule is Cl.N[C@@H]1CCOc2c(Br)cccc21. The molecule has 2 rings (SSSR count). The summed E-state index contributed by atoms with van der Waals surface area (Å²) >= 11 is 3.43. The van der Waals surface area contributed by atoms with Gasteiger partial charge in [0.1, 0.15) is 5.75 Å². The molecule has 1 aromatic rings. The second kappa shape index (κ2) is 4.31. The number of para-hydroxylation sites is 1. The third-order valence-corrected chi connectivity index (χ3v) is 2.70. The lowest BCUT2D eigenvalue weighted by atomic mass is 10.0.